The summed E-state index contributed by atoms with van der Waals surface area (Å²) in [6, 6.07) is 13.4. The molecule has 2 fully saturated rings. The predicted molar refractivity (Wildman–Crippen MR) is 193 cm³/mol. The van der Waals surface area contributed by atoms with Gasteiger partial charge in [0, 0.05) is 70.2 Å². The molecule has 2 saturated heterocycles. The number of urea groups is 1. The van der Waals surface area contributed by atoms with Gasteiger partial charge in [0.05, 0.1) is 23.9 Å². The minimum atomic E-state index is -4.91. The maximum atomic E-state index is 15.5. The molecule has 0 atom stereocenters. The van der Waals surface area contributed by atoms with Gasteiger partial charge in [0.1, 0.15) is 22.9 Å². The van der Waals surface area contributed by atoms with E-state index in [4.69, 9.17) is 9.47 Å². The van der Waals surface area contributed by atoms with Crippen LogP contribution in [0.4, 0.5) is 39.7 Å². The highest BCUT2D eigenvalue weighted by Gasteiger charge is 2.38. The van der Waals surface area contributed by atoms with Crippen LogP contribution in [-0.2, 0) is 24.1 Å². The summed E-state index contributed by atoms with van der Waals surface area (Å²) < 4.78 is 68.5. The second-order valence-electron chi connectivity index (χ2n) is 13.5. The lowest BCUT2D eigenvalue weighted by Gasteiger charge is -2.34. The Bertz CT molecular complexity index is 2210. The van der Waals surface area contributed by atoms with Crippen molar-refractivity contribution in [1.82, 2.24) is 30.4 Å². The number of anilines is 3. The van der Waals surface area contributed by atoms with Crippen LogP contribution in [0.25, 0.3) is 0 Å². The maximum Gasteiger partial charge on any atom is 0.423 e. The molecular formula is C38H36F4N8O6. The number of likely N-dealkylation sites (tertiary alicyclic amines) is 1. The summed E-state index contributed by atoms with van der Waals surface area (Å²) in [5.74, 6) is -3.77. The van der Waals surface area contributed by atoms with Gasteiger partial charge in [-0.25, -0.2) is 14.2 Å². The van der Waals surface area contributed by atoms with Crippen LogP contribution in [0.2, 0.25) is 0 Å². The van der Waals surface area contributed by atoms with Crippen LogP contribution in [0.1, 0.15) is 56.7 Å². The number of hydrogen-bond donors (Lipinski definition) is 3. The minimum Gasteiger partial charge on any atom is -0.495 e. The number of nitrogens with zero attached hydrogens (tertiary/aromatic N) is 5. The van der Waals surface area contributed by atoms with E-state index >= 15 is 4.39 Å². The summed E-state index contributed by atoms with van der Waals surface area (Å²) in [4.78, 5) is 63.0. The van der Waals surface area contributed by atoms with Crippen molar-refractivity contribution in [2.24, 2.45) is 0 Å². The van der Waals surface area contributed by atoms with Crippen molar-refractivity contribution in [1.29, 1.82) is 0 Å². The Morgan fingerprint density at radius 1 is 1.02 bits per heavy atom. The second kappa shape index (κ2) is 15.4. The van der Waals surface area contributed by atoms with E-state index in [-0.39, 0.29) is 59.8 Å². The van der Waals surface area contributed by atoms with Gasteiger partial charge in [0.25, 0.3) is 11.8 Å². The van der Waals surface area contributed by atoms with Gasteiger partial charge < -0.3 is 25.0 Å². The van der Waals surface area contributed by atoms with Gasteiger partial charge in [-0.15, -0.1) is 0 Å². The van der Waals surface area contributed by atoms with Crippen molar-refractivity contribution in [3.8, 4) is 17.4 Å². The van der Waals surface area contributed by atoms with E-state index in [0.717, 1.165) is 17.3 Å². The summed E-state index contributed by atoms with van der Waals surface area (Å²) >= 11 is 0. The van der Waals surface area contributed by atoms with Crippen molar-refractivity contribution in [2.45, 2.75) is 44.6 Å². The Morgan fingerprint density at radius 3 is 2.52 bits per heavy atom. The molecule has 7 rings (SSSR count). The molecule has 3 aromatic carbocycles. The first kappa shape index (κ1) is 38.0. The fraction of sp³-hybridized carbons (Fsp3) is 0.316. The number of methoxy groups -OCH3 is 1. The summed E-state index contributed by atoms with van der Waals surface area (Å²) in [5.41, 5.74) is 0.635. The van der Waals surface area contributed by atoms with E-state index in [1.165, 1.54) is 24.1 Å². The standard InChI is InChI=1S/C38H36F4N8O6/c1-48-19-22-7-5-9-29(32(22)35(48)53)56-34-25(38(40,41)42)18-43-36(47-34)45-27-17-26(39)24(16-30(27)55-2)33(52)44-23-10-13-49(14-11-23)20-21-6-3-4-8-28(21)50-15-12-31(51)46-37(50)54/h3-9,16-18,23H,10-15,19-20H2,1-2H3,(H,44,52)(H,43,45,47)(H,46,51,54). The van der Waals surface area contributed by atoms with Gasteiger partial charge in [-0.2, -0.15) is 18.2 Å². The van der Waals surface area contributed by atoms with E-state index in [2.05, 4.69) is 30.8 Å². The third-order valence-electron chi connectivity index (χ3n) is 9.78. The fourth-order valence-corrected chi connectivity index (χ4v) is 6.91. The van der Waals surface area contributed by atoms with Crippen molar-refractivity contribution in [3.05, 3.63) is 94.4 Å². The number of fused-ring (bicyclic) bond motifs is 1. The molecule has 4 aromatic rings. The van der Waals surface area contributed by atoms with Gasteiger partial charge in [0.15, 0.2) is 0 Å². The molecule has 0 saturated carbocycles. The summed E-state index contributed by atoms with van der Waals surface area (Å²) in [6.07, 6.45) is -3.06. The molecule has 5 amide bonds. The van der Waals surface area contributed by atoms with Crippen LogP contribution >= 0.6 is 0 Å². The molecule has 4 heterocycles. The van der Waals surface area contributed by atoms with Crippen molar-refractivity contribution >= 4 is 41.1 Å². The molecule has 0 unspecified atom stereocenters. The Kier molecular flexibility index (Phi) is 10.5. The molecule has 14 nitrogen and oxygen atoms in total. The average Bonchev–Trinajstić information content (AvgIpc) is 3.45. The lowest BCUT2D eigenvalue weighted by Crippen LogP contribution is -2.50. The number of para-hydroxylation sites is 1. The third kappa shape index (κ3) is 7.91. The number of rotatable bonds is 10. The van der Waals surface area contributed by atoms with Gasteiger partial charge in [0.2, 0.25) is 17.7 Å². The lowest BCUT2D eigenvalue weighted by molar-refractivity contribution is -0.139. The first-order chi connectivity index (χ1) is 26.8. The molecule has 18 heteroatoms. The molecule has 56 heavy (non-hydrogen) atoms. The smallest absolute Gasteiger partial charge is 0.423 e. The predicted octanol–water partition coefficient (Wildman–Crippen LogP) is 5.61. The first-order valence-electron chi connectivity index (χ1n) is 17.7. The highest BCUT2D eigenvalue weighted by molar-refractivity contribution is 6.06. The molecule has 0 spiro atoms. The number of halogens is 4. The zero-order chi connectivity index (χ0) is 39.7. The number of carbonyl (C=O) groups excluding carboxylic acids is 4. The average molecular weight is 777 g/mol. The monoisotopic (exact) mass is 776 g/mol. The number of nitrogens with one attached hydrogen (secondary N) is 3. The number of piperidine rings is 1. The fourth-order valence-electron chi connectivity index (χ4n) is 6.91. The van der Waals surface area contributed by atoms with Crippen LogP contribution in [0, 0.1) is 5.82 Å². The largest absolute Gasteiger partial charge is 0.495 e. The van der Waals surface area contributed by atoms with Crippen molar-refractivity contribution in [3.63, 3.8) is 0 Å². The van der Waals surface area contributed by atoms with Gasteiger partial charge >= 0.3 is 12.2 Å². The quantitative estimate of drug-likeness (QED) is 0.173. The summed E-state index contributed by atoms with van der Waals surface area (Å²) in [6.45, 7) is 2.30. The second-order valence-corrected chi connectivity index (χ2v) is 13.5. The van der Waals surface area contributed by atoms with E-state index in [9.17, 15) is 32.3 Å². The highest BCUT2D eigenvalue weighted by Crippen LogP contribution is 2.40. The van der Waals surface area contributed by atoms with Gasteiger partial charge in [-0.05, 0) is 42.2 Å². The van der Waals surface area contributed by atoms with Gasteiger partial charge in [-0.1, -0.05) is 30.3 Å². The Balaban J connectivity index is 1.02. The van der Waals surface area contributed by atoms with Crippen LogP contribution in [-0.4, -0.2) is 83.4 Å². The van der Waals surface area contributed by atoms with Crippen LogP contribution < -0.4 is 30.3 Å². The molecule has 0 aliphatic carbocycles. The van der Waals surface area contributed by atoms with Crippen LogP contribution in [0.3, 0.4) is 0 Å². The normalized spacial score (nSPS) is 16.4. The molecule has 3 N–H and O–H groups in total. The van der Waals surface area contributed by atoms with Crippen LogP contribution in [0.15, 0.2) is 60.8 Å². The zero-order valence-electron chi connectivity index (χ0n) is 30.2. The molecular weight excluding hydrogens is 740 g/mol. The van der Waals surface area contributed by atoms with Crippen LogP contribution in [0.5, 0.6) is 17.4 Å². The topological polar surface area (TPSA) is 158 Å². The molecule has 292 valence electrons. The van der Waals surface area contributed by atoms with E-state index < -0.39 is 47.2 Å². The Hall–Kier alpha value is -6.30. The molecule has 0 bridgehead atoms. The number of imide groups is 1. The number of alkyl halides is 3. The molecule has 0 radical (unpaired) electrons. The van der Waals surface area contributed by atoms with E-state index in [1.54, 1.807) is 24.1 Å². The van der Waals surface area contributed by atoms with E-state index in [0.29, 0.717) is 44.2 Å². The summed E-state index contributed by atoms with van der Waals surface area (Å²) in [5, 5.41) is 7.88. The number of amides is 5. The summed E-state index contributed by atoms with van der Waals surface area (Å²) in [7, 11) is 2.83. The van der Waals surface area contributed by atoms with Crippen molar-refractivity contribution < 1.29 is 46.2 Å². The SMILES string of the molecule is COc1cc(C(=O)NC2CCN(Cc3ccccc3N3CCC(=O)NC3=O)CC2)c(F)cc1Nc1ncc(C(F)(F)F)c(Oc2cccc3c2C(=O)N(C)C3)n1. The lowest BCUT2D eigenvalue weighted by atomic mass is 10.0. The zero-order valence-corrected chi connectivity index (χ0v) is 30.2. The number of ether oxygens (including phenoxy) is 2. The number of hydrogen-bond acceptors (Lipinski definition) is 10. The number of carbonyl (C=O) groups is 4. The molecule has 1 aromatic heterocycles. The number of aromatic nitrogens is 2. The molecule has 3 aliphatic rings. The molecule has 3 aliphatic heterocycles. The van der Waals surface area contributed by atoms with E-state index in [1.807, 2.05) is 24.3 Å². The van der Waals surface area contributed by atoms with Crippen molar-refractivity contribution in [2.75, 3.05) is 44.0 Å². The first-order valence-corrected chi connectivity index (χ1v) is 17.7. The maximum absolute atomic E-state index is 15.5. The Labute approximate surface area is 317 Å². The third-order valence-corrected chi connectivity index (χ3v) is 9.78. The highest BCUT2D eigenvalue weighted by atomic mass is 19.4. The van der Waals surface area contributed by atoms with Gasteiger partial charge in [-0.3, -0.25) is 29.5 Å². The number of benzene rings is 3. The Morgan fingerprint density at radius 2 is 1.79 bits per heavy atom. The minimum absolute atomic E-state index is 0.0164.